The number of para-hydroxylation sites is 1. The van der Waals surface area contributed by atoms with Gasteiger partial charge in [-0.3, -0.25) is 4.79 Å². The lowest BCUT2D eigenvalue weighted by molar-refractivity contribution is -0.141. The Kier molecular flexibility index (Phi) is 5.01. The Morgan fingerprint density at radius 1 is 1.25 bits per heavy atom. The first kappa shape index (κ1) is 14.9. The number of amides is 1. The Morgan fingerprint density at radius 2 is 1.85 bits per heavy atom. The van der Waals surface area contributed by atoms with Crippen LogP contribution in [0.3, 0.4) is 0 Å². The maximum Gasteiger partial charge on any atom is 0.263 e. The highest BCUT2D eigenvalue weighted by atomic mass is 16.5. The van der Waals surface area contributed by atoms with Crippen LogP contribution in [0, 0.1) is 5.92 Å². The zero-order valence-electron chi connectivity index (χ0n) is 12.3. The zero-order chi connectivity index (χ0) is 14.5. The molecule has 1 heterocycles. The summed E-state index contributed by atoms with van der Waals surface area (Å²) in [5, 5.41) is 0. The molecule has 0 bridgehead atoms. The first-order valence-corrected chi connectivity index (χ1v) is 7.34. The van der Waals surface area contributed by atoms with Crippen molar-refractivity contribution in [3.63, 3.8) is 0 Å². The van der Waals surface area contributed by atoms with Gasteiger partial charge in [-0.05, 0) is 30.9 Å². The van der Waals surface area contributed by atoms with E-state index in [2.05, 4.69) is 0 Å². The van der Waals surface area contributed by atoms with Gasteiger partial charge in [-0.1, -0.05) is 32.0 Å². The molecule has 4 nitrogen and oxygen atoms in total. The monoisotopic (exact) mass is 276 g/mol. The van der Waals surface area contributed by atoms with E-state index in [1.165, 1.54) is 0 Å². The Labute approximate surface area is 120 Å². The number of carbonyl (C=O) groups excluding carboxylic acids is 1. The van der Waals surface area contributed by atoms with Crippen molar-refractivity contribution in [2.75, 3.05) is 13.1 Å². The summed E-state index contributed by atoms with van der Waals surface area (Å²) in [6, 6.07) is 9.76. The van der Waals surface area contributed by atoms with Crippen LogP contribution in [0.25, 0.3) is 0 Å². The molecule has 4 heteroatoms. The largest absolute Gasteiger partial charge is 0.480 e. The molecule has 1 atom stereocenters. The van der Waals surface area contributed by atoms with Crippen molar-refractivity contribution in [2.45, 2.75) is 38.8 Å². The molecular weight excluding hydrogens is 252 g/mol. The van der Waals surface area contributed by atoms with Crippen LogP contribution in [0.15, 0.2) is 30.3 Å². The predicted molar refractivity (Wildman–Crippen MR) is 79.5 cm³/mol. The normalized spacial score (nSPS) is 18.1. The highest BCUT2D eigenvalue weighted by molar-refractivity contribution is 5.81. The maximum absolute atomic E-state index is 12.6. The number of nitrogens with two attached hydrogens (primary N) is 1. The van der Waals surface area contributed by atoms with Gasteiger partial charge >= 0.3 is 0 Å². The second kappa shape index (κ2) is 6.75. The molecule has 0 aliphatic carbocycles. The second-order valence-corrected chi connectivity index (χ2v) is 5.76. The van der Waals surface area contributed by atoms with Gasteiger partial charge in [0.05, 0.1) is 0 Å². The molecule has 1 aliphatic rings. The third kappa shape index (κ3) is 3.73. The van der Waals surface area contributed by atoms with Crippen molar-refractivity contribution in [2.24, 2.45) is 11.7 Å². The fraction of sp³-hybridized carbons (Fsp3) is 0.562. The molecular formula is C16H24N2O2. The van der Waals surface area contributed by atoms with Crippen LogP contribution in [0.2, 0.25) is 0 Å². The smallest absolute Gasteiger partial charge is 0.263 e. The summed E-state index contributed by atoms with van der Waals surface area (Å²) >= 11 is 0. The SMILES string of the molecule is CC(C)C(Oc1ccccc1)C(=O)N1CCC(N)CC1. The van der Waals surface area contributed by atoms with Crippen LogP contribution in [0.4, 0.5) is 0 Å². The van der Waals surface area contributed by atoms with Gasteiger partial charge in [0, 0.05) is 19.1 Å². The minimum Gasteiger partial charge on any atom is -0.480 e. The first-order valence-electron chi connectivity index (χ1n) is 7.34. The topological polar surface area (TPSA) is 55.6 Å². The summed E-state index contributed by atoms with van der Waals surface area (Å²) < 4.78 is 5.90. The van der Waals surface area contributed by atoms with Crippen molar-refractivity contribution in [3.8, 4) is 5.75 Å². The van der Waals surface area contributed by atoms with Crippen molar-refractivity contribution in [1.29, 1.82) is 0 Å². The first-order chi connectivity index (χ1) is 9.58. The molecule has 20 heavy (non-hydrogen) atoms. The van der Waals surface area contributed by atoms with Gasteiger partial charge in [0.25, 0.3) is 5.91 Å². The Bertz CT molecular complexity index is 425. The number of piperidine rings is 1. The molecule has 1 unspecified atom stereocenters. The standard InChI is InChI=1S/C16H24N2O2/c1-12(2)15(20-14-6-4-3-5-7-14)16(19)18-10-8-13(17)9-11-18/h3-7,12-13,15H,8-11,17H2,1-2H3. The Balaban J connectivity index is 2.03. The van der Waals surface area contributed by atoms with Gasteiger partial charge < -0.3 is 15.4 Å². The van der Waals surface area contributed by atoms with Crippen molar-refractivity contribution in [3.05, 3.63) is 30.3 Å². The fourth-order valence-corrected chi connectivity index (χ4v) is 2.42. The summed E-state index contributed by atoms with van der Waals surface area (Å²) in [7, 11) is 0. The second-order valence-electron chi connectivity index (χ2n) is 5.76. The summed E-state index contributed by atoms with van der Waals surface area (Å²) in [5.41, 5.74) is 5.89. The fourth-order valence-electron chi connectivity index (χ4n) is 2.42. The molecule has 2 rings (SSSR count). The molecule has 2 N–H and O–H groups in total. The molecule has 0 radical (unpaired) electrons. The third-order valence-corrected chi connectivity index (χ3v) is 3.71. The Morgan fingerprint density at radius 3 is 2.40 bits per heavy atom. The number of carbonyl (C=O) groups is 1. The van der Waals surface area contributed by atoms with Gasteiger partial charge in [-0.25, -0.2) is 0 Å². The average Bonchev–Trinajstić information content (AvgIpc) is 2.45. The van der Waals surface area contributed by atoms with Crippen LogP contribution >= 0.6 is 0 Å². The molecule has 0 spiro atoms. The molecule has 0 aromatic heterocycles. The summed E-state index contributed by atoms with van der Waals surface area (Å²) in [6.45, 7) is 5.51. The molecule has 1 aromatic carbocycles. The molecule has 0 saturated carbocycles. The van der Waals surface area contributed by atoms with Gasteiger partial charge in [-0.2, -0.15) is 0 Å². The predicted octanol–water partition coefficient (Wildman–Crippen LogP) is 2.04. The summed E-state index contributed by atoms with van der Waals surface area (Å²) in [6.07, 6.45) is 1.33. The van der Waals surface area contributed by atoms with Crippen LogP contribution in [-0.4, -0.2) is 36.0 Å². The molecule has 1 amide bonds. The quantitative estimate of drug-likeness (QED) is 0.915. The van der Waals surface area contributed by atoms with Crippen LogP contribution in [0.1, 0.15) is 26.7 Å². The van der Waals surface area contributed by atoms with Crippen LogP contribution in [-0.2, 0) is 4.79 Å². The van der Waals surface area contributed by atoms with E-state index in [1.807, 2.05) is 49.1 Å². The van der Waals surface area contributed by atoms with Crippen molar-refractivity contribution < 1.29 is 9.53 Å². The number of rotatable bonds is 4. The molecule has 1 saturated heterocycles. The molecule has 1 aromatic rings. The summed E-state index contributed by atoms with van der Waals surface area (Å²) in [4.78, 5) is 14.5. The van der Waals surface area contributed by atoms with E-state index < -0.39 is 6.10 Å². The van der Waals surface area contributed by atoms with E-state index >= 15 is 0 Å². The van der Waals surface area contributed by atoms with Gasteiger partial charge in [-0.15, -0.1) is 0 Å². The number of hydrogen-bond acceptors (Lipinski definition) is 3. The van der Waals surface area contributed by atoms with E-state index in [0.717, 1.165) is 31.7 Å². The summed E-state index contributed by atoms with van der Waals surface area (Å²) in [5.74, 6) is 0.960. The maximum atomic E-state index is 12.6. The number of likely N-dealkylation sites (tertiary alicyclic amines) is 1. The van der Waals surface area contributed by atoms with E-state index in [-0.39, 0.29) is 17.9 Å². The van der Waals surface area contributed by atoms with Crippen molar-refractivity contribution >= 4 is 5.91 Å². The lowest BCUT2D eigenvalue weighted by Crippen LogP contribution is -2.49. The van der Waals surface area contributed by atoms with E-state index in [1.54, 1.807) is 0 Å². The molecule has 110 valence electrons. The number of benzene rings is 1. The highest BCUT2D eigenvalue weighted by Gasteiger charge is 2.30. The third-order valence-electron chi connectivity index (χ3n) is 3.71. The van der Waals surface area contributed by atoms with E-state index in [0.29, 0.717) is 0 Å². The van der Waals surface area contributed by atoms with Gasteiger partial charge in [0.2, 0.25) is 0 Å². The minimum atomic E-state index is -0.424. The molecule has 1 aliphatic heterocycles. The van der Waals surface area contributed by atoms with E-state index in [4.69, 9.17) is 10.5 Å². The van der Waals surface area contributed by atoms with Crippen molar-refractivity contribution in [1.82, 2.24) is 4.90 Å². The lowest BCUT2D eigenvalue weighted by atomic mass is 10.0. The van der Waals surface area contributed by atoms with E-state index in [9.17, 15) is 4.79 Å². The number of ether oxygens (including phenoxy) is 1. The minimum absolute atomic E-state index is 0.0794. The Hall–Kier alpha value is -1.55. The highest BCUT2D eigenvalue weighted by Crippen LogP contribution is 2.19. The van der Waals surface area contributed by atoms with Gasteiger partial charge in [0.15, 0.2) is 6.10 Å². The number of hydrogen-bond donors (Lipinski definition) is 1. The average molecular weight is 276 g/mol. The number of nitrogens with zero attached hydrogens (tertiary/aromatic N) is 1. The van der Waals surface area contributed by atoms with Crippen LogP contribution < -0.4 is 10.5 Å². The molecule has 1 fully saturated rings. The zero-order valence-corrected chi connectivity index (χ0v) is 12.3. The van der Waals surface area contributed by atoms with Crippen LogP contribution in [0.5, 0.6) is 5.75 Å². The lowest BCUT2D eigenvalue weighted by Gasteiger charge is -2.34. The van der Waals surface area contributed by atoms with Gasteiger partial charge in [0.1, 0.15) is 5.75 Å².